The zero-order valence-corrected chi connectivity index (χ0v) is 10.8. The summed E-state index contributed by atoms with van der Waals surface area (Å²) in [5, 5.41) is 0. The van der Waals surface area contributed by atoms with Crippen LogP contribution in [0.2, 0.25) is 0 Å². The van der Waals surface area contributed by atoms with Crippen LogP contribution in [0.5, 0.6) is 0 Å². The number of hydrogen-bond donors (Lipinski definition) is 0. The Morgan fingerprint density at radius 3 is 1.86 bits per heavy atom. The van der Waals surface area contributed by atoms with Gasteiger partial charge in [-0.05, 0) is 0 Å². The van der Waals surface area contributed by atoms with Crippen LogP contribution in [0.4, 0.5) is 0 Å². The predicted octanol–water partition coefficient (Wildman–Crippen LogP) is -0.739. The molecule has 0 unspecified atom stereocenters. The molecule has 0 aromatic carbocycles. The predicted molar refractivity (Wildman–Crippen MR) is 29.4 cm³/mol. The van der Waals surface area contributed by atoms with Crippen molar-refractivity contribution in [3.05, 3.63) is 6.42 Å². The van der Waals surface area contributed by atoms with Gasteiger partial charge in [-0.1, -0.05) is 19.8 Å². The second-order valence-electron chi connectivity index (χ2n) is 2.04. The second kappa shape index (κ2) is 7.81. The summed E-state index contributed by atoms with van der Waals surface area (Å²) in [5.74, 6) is 0.843. The minimum Gasteiger partial charge on any atom is -0.331 e. The van der Waals surface area contributed by atoms with Gasteiger partial charge in [-0.15, -0.1) is 0 Å². The summed E-state index contributed by atoms with van der Waals surface area (Å²) < 4.78 is 0. The molecule has 0 nitrogen and oxygen atoms in total. The first-order valence-electron chi connectivity index (χ1n) is 2.55. The molecule has 0 aromatic heterocycles. The van der Waals surface area contributed by atoms with E-state index in [1.54, 1.807) is 0 Å². The van der Waals surface area contributed by atoms with E-state index in [9.17, 15) is 0 Å². The average molecular weight is 171 g/mol. The Kier molecular flexibility index (Phi) is 12.9. The zero-order chi connectivity index (χ0) is 4.99. The van der Waals surface area contributed by atoms with Crippen LogP contribution in [0.25, 0.3) is 0 Å². The van der Waals surface area contributed by atoms with Gasteiger partial charge < -0.3 is 6.42 Å². The maximum Gasteiger partial charge on any atom is 1.00 e. The van der Waals surface area contributed by atoms with E-state index in [4.69, 9.17) is 0 Å². The van der Waals surface area contributed by atoms with Crippen molar-refractivity contribution in [2.45, 2.75) is 27.2 Å². The molecule has 0 saturated heterocycles. The maximum absolute atomic E-state index is 2.22. The molecule has 0 atom stereocenters. The van der Waals surface area contributed by atoms with Crippen molar-refractivity contribution in [1.82, 2.24) is 0 Å². The molecule has 0 aromatic rings. The Labute approximate surface area is 95.9 Å². The molecule has 1 heteroatoms. The van der Waals surface area contributed by atoms with Gasteiger partial charge in [-0.2, -0.15) is 13.3 Å². The van der Waals surface area contributed by atoms with E-state index in [0.717, 1.165) is 5.92 Å². The van der Waals surface area contributed by atoms with E-state index < -0.39 is 0 Å². The van der Waals surface area contributed by atoms with Crippen LogP contribution in [-0.2, 0) is 0 Å². The van der Waals surface area contributed by atoms with Crippen molar-refractivity contribution in [2.24, 2.45) is 5.92 Å². The first-order valence-corrected chi connectivity index (χ1v) is 2.55. The first kappa shape index (κ1) is 11.6. The smallest absolute Gasteiger partial charge is 0.331 e. The normalized spacial score (nSPS) is 8.57. The van der Waals surface area contributed by atoms with Crippen molar-refractivity contribution in [3.63, 3.8) is 0 Å². The molecule has 0 radical (unpaired) electrons. The van der Waals surface area contributed by atoms with Crippen LogP contribution >= 0.6 is 0 Å². The van der Waals surface area contributed by atoms with Crippen molar-refractivity contribution in [1.29, 1.82) is 0 Å². The Balaban J connectivity index is 0. The second-order valence-corrected chi connectivity index (χ2v) is 2.04. The Morgan fingerprint density at radius 2 is 1.86 bits per heavy atom. The van der Waals surface area contributed by atoms with Gasteiger partial charge in [0.1, 0.15) is 0 Å². The van der Waals surface area contributed by atoms with Crippen molar-refractivity contribution < 1.29 is 58.2 Å². The summed E-state index contributed by atoms with van der Waals surface area (Å²) in [6, 6.07) is 0. The molecule has 0 aliphatic rings. The Bertz CT molecular complexity index is 25.4. The van der Waals surface area contributed by atoms with Gasteiger partial charge in [0.25, 0.3) is 0 Å². The molecule has 7 heavy (non-hydrogen) atoms. The van der Waals surface area contributed by atoms with Crippen LogP contribution < -0.4 is 58.2 Å². The molecular formula is C6H13Rb. The van der Waals surface area contributed by atoms with Gasteiger partial charge in [-0.3, -0.25) is 0 Å². The zero-order valence-electron chi connectivity index (χ0n) is 5.86. The third kappa shape index (κ3) is 11.4. The molecule has 0 N–H and O–H groups in total. The quantitative estimate of drug-likeness (QED) is 0.479. The summed E-state index contributed by atoms with van der Waals surface area (Å²) in [6.07, 6.45) is 3.45. The van der Waals surface area contributed by atoms with E-state index in [2.05, 4.69) is 27.2 Å². The van der Waals surface area contributed by atoms with Crippen LogP contribution in [-0.4, -0.2) is 0 Å². The fourth-order valence-corrected chi connectivity index (χ4v) is 0.471. The maximum atomic E-state index is 2.22. The molecule has 0 fully saturated rings. The fraction of sp³-hybridized carbons (Fsp3) is 0.833. The van der Waals surface area contributed by atoms with Crippen LogP contribution in [0.3, 0.4) is 0 Å². The molecule has 0 saturated carbocycles. The minimum atomic E-state index is 0. The summed E-state index contributed by atoms with van der Waals surface area (Å²) in [5.41, 5.74) is 0. The third-order valence-corrected chi connectivity index (χ3v) is 0.707. The summed E-state index contributed by atoms with van der Waals surface area (Å²) in [6.45, 7) is 6.54. The van der Waals surface area contributed by atoms with E-state index in [-0.39, 0.29) is 58.2 Å². The molecule has 38 valence electrons. The van der Waals surface area contributed by atoms with Gasteiger partial charge >= 0.3 is 58.2 Å². The first-order chi connectivity index (χ1) is 2.77. The van der Waals surface area contributed by atoms with Crippen molar-refractivity contribution >= 4 is 0 Å². The molecule has 0 aliphatic heterocycles. The summed E-state index contributed by atoms with van der Waals surface area (Å²) >= 11 is 0. The Morgan fingerprint density at radius 1 is 1.43 bits per heavy atom. The summed E-state index contributed by atoms with van der Waals surface area (Å²) in [4.78, 5) is 0. The van der Waals surface area contributed by atoms with Crippen LogP contribution in [0, 0.1) is 12.3 Å². The van der Waals surface area contributed by atoms with Gasteiger partial charge in [0.15, 0.2) is 0 Å². The van der Waals surface area contributed by atoms with Gasteiger partial charge in [0, 0.05) is 0 Å². The van der Waals surface area contributed by atoms with E-state index in [1.165, 1.54) is 6.42 Å². The van der Waals surface area contributed by atoms with Crippen LogP contribution in [0.1, 0.15) is 27.2 Å². The SMILES string of the molecule is C[CH-]CC(C)C.[Rb+]. The molecule has 0 spiro atoms. The topological polar surface area (TPSA) is 0 Å². The third-order valence-electron chi connectivity index (χ3n) is 0.707. The van der Waals surface area contributed by atoms with Gasteiger partial charge in [0.05, 0.1) is 0 Å². The average Bonchev–Trinajstić information content (AvgIpc) is 1.35. The molecule has 0 heterocycles. The van der Waals surface area contributed by atoms with Crippen molar-refractivity contribution in [3.8, 4) is 0 Å². The number of hydrogen-bond acceptors (Lipinski definition) is 0. The van der Waals surface area contributed by atoms with Gasteiger partial charge in [-0.25, -0.2) is 0 Å². The fourth-order valence-electron chi connectivity index (χ4n) is 0.471. The van der Waals surface area contributed by atoms with Crippen LogP contribution in [0.15, 0.2) is 0 Å². The molecule has 0 amide bonds. The monoisotopic (exact) mass is 170 g/mol. The molecule has 0 aliphatic carbocycles. The molecule has 0 rings (SSSR count). The summed E-state index contributed by atoms with van der Waals surface area (Å²) in [7, 11) is 0. The standard InChI is InChI=1S/C6H13.Rb/c1-4-5-6(2)3;/h4,6H,5H2,1-3H3;/q-1;+1. The van der Waals surface area contributed by atoms with Gasteiger partial charge in [0.2, 0.25) is 0 Å². The number of rotatable bonds is 2. The largest absolute Gasteiger partial charge is 1.00 e. The van der Waals surface area contributed by atoms with Crippen molar-refractivity contribution in [2.75, 3.05) is 0 Å². The minimum absolute atomic E-state index is 0. The Hall–Kier alpha value is 1.81. The van der Waals surface area contributed by atoms with E-state index >= 15 is 0 Å². The van der Waals surface area contributed by atoms with E-state index in [1.807, 2.05) is 0 Å². The van der Waals surface area contributed by atoms with E-state index in [0.29, 0.717) is 0 Å². The molecular weight excluding hydrogens is 158 g/mol. The molecule has 0 bridgehead atoms.